The van der Waals surface area contributed by atoms with Crippen molar-refractivity contribution in [1.29, 1.82) is 0 Å². The maximum atomic E-state index is 13.2. The number of amides is 2. The topological polar surface area (TPSA) is 110 Å². The fourth-order valence-corrected chi connectivity index (χ4v) is 6.67. The van der Waals surface area contributed by atoms with Crippen LogP contribution < -0.4 is 25.5 Å². The van der Waals surface area contributed by atoms with Crippen molar-refractivity contribution < 1.29 is 28.5 Å². The Balaban J connectivity index is 2.07. The highest BCUT2D eigenvalue weighted by Gasteiger charge is 2.23. The van der Waals surface area contributed by atoms with Crippen molar-refractivity contribution in [2.45, 2.75) is 181 Å². The zero-order chi connectivity index (χ0) is 41.2. The van der Waals surface area contributed by atoms with Gasteiger partial charge in [0.15, 0.2) is 0 Å². The Bertz CT molecular complexity index is 1170. The second-order valence-electron chi connectivity index (χ2n) is 15.4. The maximum absolute atomic E-state index is 13.2. The van der Waals surface area contributed by atoms with Crippen LogP contribution in [0.2, 0.25) is 0 Å². The van der Waals surface area contributed by atoms with Gasteiger partial charge in [0.25, 0.3) is 0 Å². The number of unbranched alkanes of at least 4 members (excludes halogenated alkanes) is 16. The molecule has 0 heterocycles. The Morgan fingerprint density at radius 2 is 0.825 bits per heavy atom. The van der Waals surface area contributed by atoms with Crippen molar-refractivity contribution in [2.24, 2.45) is 0 Å². The number of rotatable bonds is 35. The van der Waals surface area contributed by atoms with Gasteiger partial charge in [-0.05, 0) is 94.1 Å². The van der Waals surface area contributed by atoms with E-state index in [0.29, 0.717) is 37.7 Å². The second kappa shape index (κ2) is 33.5. The van der Waals surface area contributed by atoms with Crippen LogP contribution in [0.25, 0.3) is 0 Å². The molecule has 0 aliphatic rings. The number of anilines is 2. The lowest BCUT2D eigenvalue weighted by atomic mass is 10.0. The molecule has 324 valence electrons. The summed E-state index contributed by atoms with van der Waals surface area (Å²) in [5.41, 5.74) is 4.62. The van der Waals surface area contributed by atoms with E-state index in [2.05, 4.69) is 43.8 Å². The standard InChI is InChI=1S/C47H80N4O6/c1-6-10-14-16-18-20-22-24-26-44(56-46(52)49-40-28-32-42(33-29-40)54-36-12-8-3)38-51(48-5)39-45(27-25-23-21-19-17-15-11-7-2)57-47(53)50-41-30-34-43(35-31-41)55-37-13-9-4/h28-35,44-45,48H,6-27,36-39H2,1-5H3,(H,49,52)(H,50,53). The number of benzene rings is 2. The highest BCUT2D eigenvalue weighted by atomic mass is 16.6. The summed E-state index contributed by atoms with van der Waals surface area (Å²) in [4.78, 5) is 26.5. The van der Waals surface area contributed by atoms with Crippen molar-refractivity contribution in [3.63, 3.8) is 0 Å². The summed E-state index contributed by atoms with van der Waals surface area (Å²) < 4.78 is 23.8. The van der Waals surface area contributed by atoms with Gasteiger partial charge in [0, 0.05) is 11.4 Å². The molecular formula is C47H80N4O6. The number of hydrazine groups is 1. The Morgan fingerprint density at radius 3 is 1.16 bits per heavy atom. The minimum atomic E-state index is -0.483. The van der Waals surface area contributed by atoms with Crippen LogP contribution in [-0.2, 0) is 9.47 Å². The van der Waals surface area contributed by atoms with Gasteiger partial charge in [0.1, 0.15) is 23.7 Å². The Morgan fingerprint density at radius 1 is 0.491 bits per heavy atom. The summed E-state index contributed by atoms with van der Waals surface area (Å²) in [6.07, 6.45) is 23.2. The molecule has 2 amide bonds. The monoisotopic (exact) mass is 797 g/mol. The first-order chi connectivity index (χ1) is 27.9. The summed E-state index contributed by atoms with van der Waals surface area (Å²) in [5, 5.41) is 7.84. The van der Waals surface area contributed by atoms with E-state index in [9.17, 15) is 9.59 Å². The van der Waals surface area contributed by atoms with Crippen LogP contribution in [0.1, 0.15) is 169 Å². The molecule has 2 unspecified atom stereocenters. The lowest BCUT2D eigenvalue weighted by Crippen LogP contribution is -2.47. The first kappa shape index (κ1) is 49.6. The summed E-state index contributed by atoms with van der Waals surface area (Å²) >= 11 is 0. The van der Waals surface area contributed by atoms with Gasteiger partial charge in [-0.15, -0.1) is 0 Å². The number of nitrogens with zero attached hydrogens (tertiary/aromatic N) is 1. The average Bonchev–Trinajstić information content (AvgIpc) is 3.20. The summed E-state index contributed by atoms with van der Waals surface area (Å²) in [5.74, 6) is 1.56. The minimum Gasteiger partial charge on any atom is -0.494 e. The van der Waals surface area contributed by atoms with Crippen LogP contribution in [0.5, 0.6) is 11.5 Å². The van der Waals surface area contributed by atoms with Gasteiger partial charge in [0.05, 0.1) is 26.3 Å². The molecule has 0 aromatic heterocycles. The van der Waals surface area contributed by atoms with Crippen molar-refractivity contribution in [2.75, 3.05) is 44.0 Å². The smallest absolute Gasteiger partial charge is 0.411 e. The summed E-state index contributed by atoms with van der Waals surface area (Å²) in [6.45, 7) is 11.0. The van der Waals surface area contributed by atoms with E-state index in [0.717, 1.165) is 75.7 Å². The molecule has 0 bridgehead atoms. The Hall–Kier alpha value is -3.50. The molecule has 2 atom stereocenters. The number of hydrogen-bond donors (Lipinski definition) is 3. The molecule has 57 heavy (non-hydrogen) atoms. The molecule has 10 heteroatoms. The Labute approximate surface area is 346 Å². The average molecular weight is 797 g/mol. The van der Waals surface area contributed by atoms with Crippen LogP contribution >= 0.6 is 0 Å². The summed E-state index contributed by atoms with van der Waals surface area (Å²) in [7, 11) is 1.87. The van der Waals surface area contributed by atoms with E-state index in [1.54, 1.807) is 0 Å². The predicted molar refractivity (Wildman–Crippen MR) is 237 cm³/mol. The van der Waals surface area contributed by atoms with E-state index in [-0.39, 0.29) is 12.2 Å². The quantitative estimate of drug-likeness (QED) is 0.0467. The fraction of sp³-hybridized carbons (Fsp3) is 0.702. The molecule has 2 aromatic rings. The Kier molecular flexibility index (Phi) is 29.2. The van der Waals surface area contributed by atoms with Crippen molar-refractivity contribution in [3.05, 3.63) is 48.5 Å². The largest absolute Gasteiger partial charge is 0.494 e. The van der Waals surface area contributed by atoms with Gasteiger partial charge in [-0.1, -0.05) is 130 Å². The van der Waals surface area contributed by atoms with Gasteiger partial charge in [0.2, 0.25) is 0 Å². The molecule has 2 aromatic carbocycles. The van der Waals surface area contributed by atoms with Gasteiger partial charge >= 0.3 is 12.2 Å². The molecule has 0 saturated carbocycles. The zero-order valence-electron chi connectivity index (χ0n) is 36.6. The number of carbonyl (C=O) groups excluding carboxylic acids is 2. The third kappa shape index (κ3) is 25.5. The first-order valence-corrected chi connectivity index (χ1v) is 22.7. The van der Waals surface area contributed by atoms with Crippen LogP contribution in [0.3, 0.4) is 0 Å². The van der Waals surface area contributed by atoms with Crippen LogP contribution in [0.15, 0.2) is 48.5 Å². The molecule has 2 rings (SSSR count). The van der Waals surface area contributed by atoms with E-state index in [1.807, 2.05) is 60.6 Å². The molecule has 0 aliphatic heterocycles. The highest BCUT2D eigenvalue weighted by Crippen LogP contribution is 2.20. The number of carbonyl (C=O) groups is 2. The summed E-state index contributed by atoms with van der Waals surface area (Å²) in [6, 6.07) is 14.8. The SMILES string of the molecule is CCCCCCCCCCC(CN(CC(CCCCCCCCCC)OC(=O)Nc1ccc(OCCCC)cc1)NC)OC(=O)Nc1ccc(OCCCC)cc1. The van der Waals surface area contributed by atoms with Crippen molar-refractivity contribution >= 4 is 23.6 Å². The van der Waals surface area contributed by atoms with Crippen molar-refractivity contribution in [1.82, 2.24) is 10.4 Å². The van der Waals surface area contributed by atoms with Crippen molar-refractivity contribution in [3.8, 4) is 11.5 Å². The minimum absolute atomic E-state index is 0.357. The molecule has 10 nitrogen and oxygen atoms in total. The van der Waals surface area contributed by atoms with E-state index in [4.69, 9.17) is 18.9 Å². The third-order valence-corrected chi connectivity index (χ3v) is 10.2. The molecule has 3 N–H and O–H groups in total. The number of hydrogen-bond acceptors (Lipinski definition) is 8. The number of nitrogens with one attached hydrogen (secondary N) is 3. The zero-order valence-corrected chi connectivity index (χ0v) is 36.6. The second-order valence-corrected chi connectivity index (χ2v) is 15.4. The highest BCUT2D eigenvalue weighted by molar-refractivity contribution is 5.85. The fourth-order valence-electron chi connectivity index (χ4n) is 6.67. The predicted octanol–water partition coefficient (Wildman–Crippen LogP) is 13.1. The lowest BCUT2D eigenvalue weighted by molar-refractivity contribution is 0.0240. The van der Waals surface area contributed by atoms with Gasteiger partial charge in [-0.25, -0.2) is 14.6 Å². The molecule has 0 radical (unpaired) electrons. The molecular weight excluding hydrogens is 717 g/mol. The van der Waals surface area contributed by atoms with Crippen LogP contribution in [0, 0.1) is 0 Å². The first-order valence-electron chi connectivity index (χ1n) is 22.7. The van der Waals surface area contributed by atoms with Gasteiger partial charge in [-0.2, -0.15) is 0 Å². The normalized spacial score (nSPS) is 12.2. The van der Waals surface area contributed by atoms with Gasteiger partial charge < -0.3 is 18.9 Å². The van der Waals surface area contributed by atoms with Crippen LogP contribution in [-0.4, -0.2) is 62.8 Å². The maximum Gasteiger partial charge on any atom is 0.411 e. The third-order valence-electron chi connectivity index (χ3n) is 10.2. The van der Waals surface area contributed by atoms with E-state index in [1.165, 1.54) is 77.0 Å². The van der Waals surface area contributed by atoms with E-state index < -0.39 is 12.2 Å². The molecule has 0 aliphatic carbocycles. The molecule has 0 saturated heterocycles. The molecule has 0 spiro atoms. The molecule has 0 fully saturated rings. The van der Waals surface area contributed by atoms with Crippen LogP contribution in [0.4, 0.5) is 21.0 Å². The number of ether oxygens (including phenoxy) is 4. The lowest BCUT2D eigenvalue weighted by Gasteiger charge is -2.30. The van der Waals surface area contributed by atoms with Gasteiger partial charge in [-0.3, -0.25) is 16.1 Å². The van der Waals surface area contributed by atoms with E-state index >= 15 is 0 Å².